The van der Waals surface area contributed by atoms with Gasteiger partial charge in [-0.1, -0.05) is 6.07 Å². The van der Waals surface area contributed by atoms with E-state index in [2.05, 4.69) is 0 Å². The van der Waals surface area contributed by atoms with Gasteiger partial charge in [-0.15, -0.1) is 0 Å². The predicted octanol–water partition coefficient (Wildman–Crippen LogP) is 3.39. The number of halogens is 5. The second-order valence-corrected chi connectivity index (χ2v) is 14.9. The average molecular weight is 603 g/mol. The molecule has 0 radical (unpaired) electrons. The number of piperidine rings is 1. The molecule has 2 fully saturated rings. The highest BCUT2D eigenvalue weighted by Crippen LogP contribution is 2.39. The van der Waals surface area contributed by atoms with Gasteiger partial charge in [-0.3, -0.25) is 0 Å². The van der Waals surface area contributed by atoms with Crippen molar-refractivity contribution in [1.29, 1.82) is 0 Å². The Morgan fingerprint density at radius 2 is 1.45 bits per heavy atom. The van der Waals surface area contributed by atoms with Gasteiger partial charge >= 0.3 is 6.18 Å². The van der Waals surface area contributed by atoms with E-state index in [4.69, 9.17) is 0 Å². The van der Waals surface area contributed by atoms with Crippen molar-refractivity contribution in [3.63, 3.8) is 0 Å². The first kappa shape index (κ1) is 28.9. The van der Waals surface area contributed by atoms with E-state index in [9.17, 15) is 47.2 Å². The van der Waals surface area contributed by atoms with Gasteiger partial charge in [0.1, 0.15) is 16.5 Å². The van der Waals surface area contributed by atoms with Crippen LogP contribution in [0.3, 0.4) is 0 Å². The number of hydrogen-bond acceptors (Lipinski definition) is 6. The molecular weight excluding hydrogens is 579 g/mol. The quantitative estimate of drug-likeness (QED) is 0.450. The van der Waals surface area contributed by atoms with Crippen LogP contribution in [0.1, 0.15) is 31.2 Å². The summed E-state index contributed by atoms with van der Waals surface area (Å²) in [6, 6.07) is 2.79. The highest BCUT2D eigenvalue weighted by molar-refractivity contribution is 7.93. The van der Waals surface area contributed by atoms with Crippen LogP contribution in [-0.4, -0.2) is 65.3 Å². The maximum Gasteiger partial charge on any atom is 0.416 e. The Labute approximate surface area is 217 Å². The summed E-state index contributed by atoms with van der Waals surface area (Å²) in [5, 5.41) is 0. The molecule has 0 aromatic heterocycles. The SMILES string of the molecule is CS(=O)(=O)c1cc(F)cc(F)c1S(=O)(=O)N1CCC(N(C2CC2)S(=O)(=O)c2cccc(C(F)(F)F)c2)CC1. The van der Waals surface area contributed by atoms with E-state index >= 15 is 0 Å². The molecule has 16 heteroatoms. The van der Waals surface area contributed by atoms with Crippen molar-refractivity contribution in [3.8, 4) is 0 Å². The molecule has 1 aliphatic carbocycles. The lowest BCUT2D eigenvalue weighted by Gasteiger charge is -2.37. The highest BCUT2D eigenvalue weighted by Gasteiger charge is 2.45. The fraction of sp³-hybridized carbons (Fsp3) is 0.455. The molecule has 210 valence electrons. The largest absolute Gasteiger partial charge is 0.416 e. The van der Waals surface area contributed by atoms with Gasteiger partial charge in [0.25, 0.3) is 0 Å². The first-order valence-electron chi connectivity index (χ1n) is 11.3. The molecule has 1 heterocycles. The normalized spacial score (nSPS) is 18.7. The smallest absolute Gasteiger partial charge is 0.224 e. The van der Waals surface area contributed by atoms with E-state index in [0.717, 1.165) is 26.8 Å². The highest BCUT2D eigenvalue weighted by atomic mass is 32.2. The molecule has 0 atom stereocenters. The lowest BCUT2D eigenvalue weighted by atomic mass is 10.1. The van der Waals surface area contributed by atoms with Crippen LogP contribution in [0.4, 0.5) is 22.0 Å². The fourth-order valence-electron chi connectivity index (χ4n) is 4.50. The standard InChI is InChI=1S/C22H23F5N2O6S3/c1-36(30,31)20-13-15(23)12-19(24)21(20)38(34,35)28-9-7-17(8-10-28)29(16-5-6-16)37(32,33)18-4-2-3-14(11-18)22(25,26)27/h2-4,11-13,16-17H,5-10H2,1H3. The Kier molecular flexibility index (Phi) is 7.44. The van der Waals surface area contributed by atoms with Crippen LogP contribution >= 0.6 is 0 Å². The lowest BCUT2D eigenvalue weighted by Crippen LogP contribution is -2.49. The van der Waals surface area contributed by atoms with Crippen LogP contribution in [0.5, 0.6) is 0 Å². The van der Waals surface area contributed by atoms with Crippen LogP contribution in [0.2, 0.25) is 0 Å². The van der Waals surface area contributed by atoms with Crippen LogP contribution in [-0.2, 0) is 36.1 Å². The molecule has 0 N–H and O–H groups in total. The van der Waals surface area contributed by atoms with Crippen molar-refractivity contribution in [2.45, 2.75) is 58.6 Å². The molecule has 0 amide bonds. The third-order valence-corrected chi connectivity index (χ3v) is 11.6. The molecule has 0 unspecified atom stereocenters. The summed E-state index contributed by atoms with van der Waals surface area (Å²) < 4.78 is 147. The van der Waals surface area contributed by atoms with Crippen LogP contribution < -0.4 is 0 Å². The van der Waals surface area contributed by atoms with Gasteiger partial charge in [-0.2, -0.15) is 21.8 Å². The monoisotopic (exact) mass is 602 g/mol. The van der Waals surface area contributed by atoms with Gasteiger partial charge in [0.15, 0.2) is 9.84 Å². The van der Waals surface area contributed by atoms with E-state index in [1.165, 1.54) is 0 Å². The number of sulfonamides is 2. The Morgan fingerprint density at radius 3 is 1.97 bits per heavy atom. The zero-order valence-electron chi connectivity index (χ0n) is 19.8. The summed E-state index contributed by atoms with van der Waals surface area (Å²) in [6.45, 7) is -0.650. The molecule has 4 rings (SSSR count). The van der Waals surface area contributed by atoms with E-state index in [1.54, 1.807) is 0 Å². The van der Waals surface area contributed by atoms with Crippen LogP contribution in [0.15, 0.2) is 51.1 Å². The van der Waals surface area contributed by atoms with Crippen LogP contribution in [0, 0.1) is 11.6 Å². The molecule has 2 aliphatic rings. The second kappa shape index (κ2) is 9.80. The topological polar surface area (TPSA) is 109 Å². The number of alkyl halides is 3. The number of sulfone groups is 1. The average Bonchev–Trinajstić information content (AvgIpc) is 3.62. The number of hydrogen-bond donors (Lipinski definition) is 0. The molecular formula is C22H23F5N2O6S3. The minimum absolute atomic E-state index is 0.0784. The lowest BCUT2D eigenvalue weighted by molar-refractivity contribution is -0.137. The minimum Gasteiger partial charge on any atom is -0.224 e. The van der Waals surface area contributed by atoms with Crippen molar-refractivity contribution in [2.75, 3.05) is 19.3 Å². The first-order chi connectivity index (χ1) is 17.4. The van der Waals surface area contributed by atoms with Gasteiger partial charge in [0.2, 0.25) is 20.0 Å². The van der Waals surface area contributed by atoms with Gasteiger partial charge in [-0.25, -0.2) is 34.0 Å². The first-order valence-corrected chi connectivity index (χ1v) is 16.1. The Bertz CT molecular complexity index is 1560. The van der Waals surface area contributed by atoms with Crippen molar-refractivity contribution >= 4 is 29.9 Å². The number of nitrogens with zero attached hydrogens (tertiary/aromatic N) is 2. The minimum atomic E-state index is -4.77. The van der Waals surface area contributed by atoms with E-state index in [1.807, 2.05) is 0 Å². The molecule has 8 nitrogen and oxygen atoms in total. The third kappa shape index (κ3) is 5.59. The molecule has 38 heavy (non-hydrogen) atoms. The zero-order valence-corrected chi connectivity index (χ0v) is 22.3. The Hall–Kier alpha value is -2.14. The van der Waals surface area contributed by atoms with E-state index < -0.39 is 80.0 Å². The molecule has 1 aliphatic heterocycles. The van der Waals surface area contributed by atoms with Gasteiger partial charge < -0.3 is 0 Å². The molecule has 1 saturated carbocycles. The van der Waals surface area contributed by atoms with E-state index in [-0.39, 0.29) is 32.0 Å². The summed E-state index contributed by atoms with van der Waals surface area (Å²) in [7, 11) is -13.5. The molecule has 0 bridgehead atoms. The Morgan fingerprint density at radius 1 is 0.868 bits per heavy atom. The molecule has 0 spiro atoms. The molecule has 1 saturated heterocycles. The maximum atomic E-state index is 14.6. The van der Waals surface area contributed by atoms with Crippen molar-refractivity contribution in [2.24, 2.45) is 0 Å². The summed E-state index contributed by atoms with van der Waals surface area (Å²) in [5.41, 5.74) is -1.13. The van der Waals surface area contributed by atoms with Crippen LogP contribution in [0.25, 0.3) is 0 Å². The summed E-state index contributed by atoms with van der Waals surface area (Å²) in [4.78, 5) is -2.78. The second-order valence-electron chi connectivity index (χ2n) is 9.21. The third-order valence-electron chi connectivity index (χ3n) is 6.40. The zero-order chi connectivity index (χ0) is 28.3. The van der Waals surface area contributed by atoms with Crippen molar-refractivity contribution in [1.82, 2.24) is 8.61 Å². The van der Waals surface area contributed by atoms with Gasteiger partial charge in [0.05, 0.1) is 15.4 Å². The molecule has 2 aromatic carbocycles. The number of rotatable bonds is 7. The van der Waals surface area contributed by atoms with Gasteiger partial charge in [0, 0.05) is 37.5 Å². The Balaban J connectivity index is 1.61. The molecule has 2 aromatic rings. The fourth-order valence-corrected chi connectivity index (χ4v) is 9.58. The number of benzene rings is 2. The predicted molar refractivity (Wildman–Crippen MR) is 125 cm³/mol. The summed E-state index contributed by atoms with van der Waals surface area (Å²) >= 11 is 0. The maximum absolute atomic E-state index is 14.6. The summed E-state index contributed by atoms with van der Waals surface area (Å²) in [6.07, 6.45) is -3.34. The van der Waals surface area contributed by atoms with Crippen molar-refractivity contribution in [3.05, 3.63) is 53.6 Å². The van der Waals surface area contributed by atoms with Crippen molar-refractivity contribution < 1.29 is 47.2 Å². The van der Waals surface area contributed by atoms with Gasteiger partial charge in [-0.05, 0) is 49.9 Å². The van der Waals surface area contributed by atoms with E-state index in [0.29, 0.717) is 31.2 Å². The summed E-state index contributed by atoms with van der Waals surface area (Å²) in [5.74, 6) is -2.86.